The van der Waals surface area contributed by atoms with Crippen molar-refractivity contribution in [1.29, 1.82) is 0 Å². The van der Waals surface area contributed by atoms with Gasteiger partial charge in [-0.15, -0.1) is 0 Å². The molecule has 25 heavy (non-hydrogen) atoms. The van der Waals surface area contributed by atoms with Crippen LogP contribution in [0.1, 0.15) is 30.7 Å². The molecule has 1 aliphatic heterocycles. The molecule has 0 unspecified atom stereocenters. The minimum atomic E-state index is -0.0820. The van der Waals surface area contributed by atoms with Crippen molar-refractivity contribution < 1.29 is 9.32 Å². The van der Waals surface area contributed by atoms with Crippen molar-refractivity contribution in [2.45, 2.75) is 38.8 Å². The summed E-state index contributed by atoms with van der Waals surface area (Å²) in [5, 5.41) is 10.1. The van der Waals surface area contributed by atoms with Crippen LogP contribution in [-0.4, -0.2) is 46.6 Å². The van der Waals surface area contributed by atoms with E-state index in [4.69, 9.17) is 4.52 Å². The highest BCUT2D eigenvalue weighted by Crippen LogP contribution is 2.16. The highest BCUT2D eigenvalue weighted by atomic mass is 16.5. The third-order valence-electron chi connectivity index (χ3n) is 4.40. The molecular formula is C18H25N5O2. The molecule has 0 radical (unpaired) electrons. The molecule has 134 valence electrons. The van der Waals surface area contributed by atoms with Crippen LogP contribution in [0, 0.1) is 6.92 Å². The average molecular weight is 343 g/mol. The van der Waals surface area contributed by atoms with Gasteiger partial charge < -0.3 is 15.2 Å². The van der Waals surface area contributed by atoms with E-state index in [0.717, 1.165) is 38.0 Å². The molecule has 1 saturated heterocycles. The Hall–Kier alpha value is -2.25. The Morgan fingerprint density at radius 1 is 1.40 bits per heavy atom. The van der Waals surface area contributed by atoms with E-state index in [2.05, 4.69) is 25.7 Å². The van der Waals surface area contributed by atoms with Crippen LogP contribution >= 0.6 is 0 Å². The van der Waals surface area contributed by atoms with Crippen molar-refractivity contribution in [3.8, 4) is 0 Å². The summed E-state index contributed by atoms with van der Waals surface area (Å²) in [7, 11) is 0. The topological polar surface area (TPSA) is 83.3 Å². The van der Waals surface area contributed by atoms with Gasteiger partial charge in [0.15, 0.2) is 5.82 Å². The predicted octanol–water partition coefficient (Wildman–Crippen LogP) is 1.96. The van der Waals surface area contributed by atoms with Gasteiger partial charge in [-0.05, 0) is 51.4 Å². The van der Waals surface area contributed by atoms with Gasteiger partial charge in [0.2, 0.25) is 5.91 Å². The molecule has 2 aromatic heterocycles. The van der Waals surface area contributed by atoms with Crippen LogP contribution in [0.25, 0.3) is 0 Å². The van der Waals surface area contributed by atoms with Crippen LogP contribution in [0.15, 0.2) is 35.0 Å². The summed E-state index contributed by atoms with van der Waals surface area (Å²) in [5.41, 5.74) is 0.977. The van der Waals surface area contributed by atoms with E-state index in [1.165, 1.54) is 0 Å². The first kappa shape index (κ1) is 17.6. The maximum atomic E-state index is 12.5. The monoisotopic (exact) mass is 343 g/mol. The second-order valence-electron chi connectivity index (χ2n) is 6.43. The lowest BCUT2D eigenvalue weighted by atomic mass is 10.1. The summed E-state index contributed by atoms with van der Waals surface area (Å²) < 4.78 is 5.00. The lowest BCUT2D eigenvalue weighted by Crippen LogP contribution is -2.41. The first-order valence-electron chi connectivity index (χ1n) is 8.78. The van der Waals surface area contributed by atoms with Gasteiger partial charge in [-0.3, -0.25) is 14.7 Å². The lowest BCUT2D eigenvalue weighted by molar-refractivity contribution is -0.118. The summed E-state index contributed by atoms with van der Waals surface area (Å²) in [6.07, 6.45) is 5.02. The molecule has 0 bridgehead atoms. The molecular weight excluding hydrogens is 318 g/mol. The van der Waals surface area contributed by atoms with Crippen molar-refractivity contribution in [1.82, 2.24) is 20.4 Å². The number of hydrogen-bond donors (Lipinski definition) is 2. The van der Waals surface area contributed by atoms with Crippen molar-refractivity contribution in [2.75, 3.05) is 25.0 Å². The van der Waals surface area contributed by atoms with E-state index in [9.17, 15) is 4.79 Å². The molecule has 0 spiro atoms. The zero-order valence-electron chi connectivity index (χ0n) is 14.6. The number of amides is 1. The summed E-state index contributed by atoms with van der Waals surface area (Å²) >= 11 is 0. The number of aromatic nitrogens is 2. The van der Waals surface area contributed by atoms with Crippen LogP contribution in [0.5, 0.6) is 0 Å². The molecule has 1 atom stereocenters. The predicted molar refractivity (Wildman–Crippen MR) is 95.0 cm³/mol. The van der Waals surface area contributed by atoms with Crippen LogP contribution < -0.4 is 10.6 Å². The second-order valence-corrected chi connectivity index (χ2v) is 6.43. The molecule has 1 amide bonds. The van der Waals surface area contributed by atoms with Gasteiger partial charge in [-0.2, -0.15) is 0 Å². The molecule has 1 aliphatic rings. The number of aryl methyl sites for hydroxylation is 1. The van der Waals surface area contributed by atoms with E-state index in [1.54, 1.807) is 19.2 Å². The number of pyridine rings is 1. The Labute approximate surface area is 147 Å². The fraction of sp³-hybridized carbons (Fsp3) is 0.500. The molecule has 0 saturated carbocycles. The third-order valence-corrected chi connectivity index (χ3v) is 4.40. The minimum absolute atomic E-state index is 0.0820. The third kappa shape index (κ3) is 5.37. The molecule has 2 N–H and O–H groups in total. The molecule has 1 fully saturated rings. The SMILES string of the molecule is Cc1cc(NC(=O)CN(Cc2ccccn2)[C@H]2CCCNCC2)no1. The second kappa shape index (κ2) is 8.73. The standard InChI is InChI=1S/C18H25N5O2/c1-14-11-17(22-25-14)21-18(24)13-23(12-15-5-2-3-9-20-15)16-6-4-8-19-10-7-16/h2-3,5,9,11,16,19H,4,6-8,10,12-13H2,1H3,(H,21,22,24)/t16-/m0/s1. The highest BCUT2D eigenvalue weighted by molar-refractivity contribution is 5.91. The quantitative estimate of drug-likeness (QED) is 0.834. The maximum Gasteiger partial charge on any atom is 0.239 e. The fourth-order valence-electron chi connectivity index (χ4n) is 3.17. The Kier molecular flexibility index (Phi) is 6.14. The number of nitrogens with one attached hydrogen (secondary N) is 2. The first-order chi connectivity index (χ1) is 12.2. The molecule has 2 aromatic rings. The van der Waals surface area contributed by atoms with E-state index >= 15 is 0 Å². The van der Waals surface area contributed by atoms with Crippen LogP contribution in [0.3, 0.4) is 0 Å². The van der Waals surface area contributed by atoms with Crippen molar-refractivity contribution >= 4 is 11.7 Å². The molecule has 7 nitrogen and oxygen atoms in total. The van der Waals surface area contributed by atoms with E-state index in [-0.39, 0.29) is 5.91 Å². The minimum Gasteiger partial charge on any atom is -0.360 e. The van der Waals surface area contributed by atoms with Crippen molar-refractivity contribution in [3.05, 3.63) is 41.9 Å². The molecule has 7 heteroatoms. The number of rotatable bonds is 6. The zero-order chi connectivity index (χ0) is 17.5. The van der Waals surface area contributed by atoms with Gasteiger partial charge in [0.1, 0.15) is 5.76 Å². The molecule has 3 heterocycles. The van der Waals surface area contributed by atoms with Gasteiger partial charge in [0, 0.05) is 24.8 Å². The molecule has 0 aliphatic carbocycles. The van der Waals surface area contributed by atoms with Crippen molar-refractivity contribution in [2.24, 2.45) is 0 Å². The molecule has 3 rings (SSSR count). The summed E-state index contributed by atoms with van der Waals surface area (Å²) in [5.74, 6) is 1.06. The van der Waals surface area contributed by atoms with Gasteiger partial charge in [0.25, 0.3) is 0 Å². The largest absolute Gasteiger partial charge is 0.360 e. The first-order valence-corrected chi connectivity index (χ1v) is 8.78. The van der Waals surface area contributed by atoms with Gasteiger partial charge >= 0.3 is 0 Å². The Morgan fingerprint density at radius 3 is 3.08 bits per heavy atom. The van der Waals surface area contributed by atoms with Crippen molar-refractivity contribution in [3.63, 3.8) is 0 Å². The highest BCUT2D eigenvalue weighted by Gasteiger charge is 2.23. The Bertz CT molecular complexity index is 665. The zero-order valence-corrected chi connectivity index (χ0v) is 14.6. The molecule has 0 aromatic carbocycles. The van der Waals surface area contributed by atoms with E-state index in [1.807, 2.05) is 18.2 Å². The number of carbonyl (C=O) groups excluding carboxylic acids is 1. The van der Waals surface area contributed by atoms with E-state index in [0.29, 0.717) is 30.7 Å². The van der Waals surface area contributed by atoms with Gasteiger partial charge in [-0.25, -0.2) is 0 Å². The Morgan fingerprint density at radius 2 is 2.32 bits per heavy atom. The number of anilines is 1. The van der Waals surface area contributed by atoms with Crippen LogP contribution in [-0.2, 0) is 11.3 Å². The fourth-order valence-corrected chi connectivity index (χ4v) is 3.17. The summed E-state index contributed by atoms with van der Waals surface area (Å²) in [6.45, 7) is 4.80. The van der Waals surface area contributed by atoms with Gasteiger partial charge in [-0.1, -0.05) is 11.2 Å². The average Bonchev–Trinajstić information content (AvgIpc) is 2.86. The number of nitrogens with zero attached hydrogens (tertiary/aromatic N) is 3. The maximum absolute atomic E-state index is 12.5. The van der Waals surface area contributed by atoms with E-state index < -0.39 is 0 Å². The summed E-state index contributed by atoms with van der Waals surface area (Å²) in [4.78, 5) is 19.1. The smallest absolute Gasteiger partial charge is 0.239 e. The number of hydrogen-bond acceptors (Lipinski definition) is 6. The summed E-state index contributed by atoms with van der Waals surface area (Å²) in [6, 6.07) is 7.97. The van der Waals surface area contributed by atoms with Gasteiger partial charge in [0.05, 0.1) is 12.2 Å². The lowest BCUT2D eigenvalue weighted by Gasteiger charge is -2.30. The normalized spacial score (nSPS) is 18.1. The Balaban J connectivity index is 1.67. The van der Waals surface area contributed by atoms with Crippen LogP contribution in [0.2, 0.25) is 0 Å². The number of carbonyl (C=O) groups is 1. The van der Waals surface area contributed by atoms with Crippen LogP contribution in [0.4, 0.5) is 5.82 Å².